The van der Waals surface area contributed by atoms with E-state index >= 15 is 0 Å². The predicted octanol–water partition coefficient (Wildman–Crippen LogP) is 2.85. The third-order valence-corrected chi connectivity index (χ3v) is 3.30. The second-order valence-electron chi connectivity index (χ2n) is 3.07. The molecule has 0 atom stereocenters. The van der Waals surface area contributed by atoms with Gasteiger partial charge >= 0.3 is 5.69 Å². The first-order chi connectivity index (χ1) is 7.50. The zero-order valence-corrected chi connectivity index (χ0v) is 10.0. The van der Waals surface area contributed by atoms with Gasteiger partial charge in [0.15, 0.2) is 0 Å². The van der Waals surface area contributed by atoms with Gasteiger partial charge in [-0.1, -0.05) is 11.6 Å². The maximum absolute atomic E-state index is 11.7. The fraction of sp³-hybridized carbons (Fsp3) is 0. The summed E-state index contributed by atoms with van der Waals surface area (Å²) in [5.41, 5.74) is -0.651. The molecule has 2 rings (SSSR count). The van der Waals surface area contributed by atoms with Gasteiger partial charge in [0, 0.05) is 4.47 Å². The van der Waals surface area contributed by atoms with Gasteiger partial charge in [-0.2, -0.15) is 0 Å². The molecular formula is C9H4BrClN2O3. The van der Waals surface area contributed by atoms with Crippen molar-refractivity contribution < 1.29 is 4.92 Å². The number of nitrogens with zero attached hydrogens (tertiary/aromatic N) is 1. The lowest BCUT2D eigenvalue weighted by atomic mass is 10.2. The Labute approximate surface area is 102 Å². The molecule has 2 aromatic rings. The number of nitro groups is 1. The Balaban J connectivity index is 2.90. The van der Waals surface area contributed by atoms with E-state index in [0.717, 1.165) is 6.20 Å². The summed E-state index contributed by atoms with van der Waals surface area (Å²) in [5, 5.41) is 11.2. The van der Waals surface area contributed by atoms with Gasteiger partial charge in [0.05, 0.1) is 27.0 Å². The molecule has 5 nitrogen and oxygen atoms in total. The van der Waals surface area contributed by atoms with Gasteiger partial charge in [-0.25, -0.2) is 0 Å². The largest absolute Gasteiger partial charge is 0.355 e. The summed E-state index contributed by atoms with van der Waals surface area (Å²) < 4.78 is 0.521. The van der Waals surface area contributed by atoms with Crippen LogP contribution in [0.4, 0.5) is 5.69 Å². The highest BCUT2D eigenvalue weighted by atomic mass is 79.9. The number of rotatable bonds is 1. The van der Waals surface area contributed by atoms with Gasteiger partial charge in [0.2, 0.25) is 0 Å². The first-order valence-corrected chi connectivity index (χ1v) is 5.32. The highest BCUT2D eigenvalue weighted by molar-refractivity contribution is 9.10. The Kier molecular flexibility index (Phi) is 2.69. The van der Waals surface area contributed by atoms with Gasteiger partial charge in [0.25, 0.3) is 5.43 Å². The summed E-state index contributed by atoms with van der Waals surface area (Å²) in [4.78, 5) is 24.2. The van der Waals surface area contributed by atoms with Crippen molar-refractivity contribution in [1.82, 2.24) is 4.98 Å². The lowest BCUT2D eigenvalue weighted by Gasteiger charge is -2.00. The molecule has 7 heteroatoms. The standard InChI is InChI=1S/C9H4BrClN2O3/c10-5-1-4-7(2-6(5)11)12-3-8(9(4)14)13(15)16/h1-3H,(H,12,14). The van der Waals surface area contributed by atoms with Gasteiger partial charge in [-0.05, 0) is 28.1 Å². The second-order valence-corrected chi connectivity index (χ2v) is 4.33. The number of fused-ring (bicyclic) bond motifs is 1. The van der Waals surface area contributed by atoms with Crippen molar-refractivity contribution in [2.75, 3.05) is 0 Å². The van der Waals surface area contributed by atoms with Gasteiger partial charge < -0.3 is 4.98 Å². The summed E-state index contributed by atoms with van der Waals surface area (Å²) in [6.45, 7) is 0. The molecule has 1 aromatic carbocycles. The highest BCUT2D eigenvalue weighted by Crippen LogP contribution is 2.26. The molecule has 0 aliphatic carbocycles. The van der Waals surface area contributed by atoms with Crippen LogP contribution >= 0.6 is 27.5 Å². The topological polar surface area (TPSA) is 76.0 Å². The van der Waals surface area contributed by atoms with E-state index in [1.165, 1.54) is 12.1 Å². The Hall–Kier alpha value is -1.40. The van der Waals surface area contributed by atoms with Crippen molar-refractivity contribution in [2.45, 2.75) is 0 Å². The number of benzene rings is 1. The van der Waals surface area contributed by atoms with E-state index in [9.17, 15) is 14.9 Å². The molecule has 0 amide bonds. The molecule has 16 heavy (non-hydrogen) atoms. The monoisotopic (exact) mass is 302 g/mol. The molecule has 0 aliphatic rings. The van der Waals surface area contributed by atoms with Crippen molar-refractivity contribution in [2.24, 2.45) is 0 Å². The Morgan fingerprint density at radius 2 is 2.12 bits per heavy atom. The van der Waals surface area contributed by atoms with E-state index in [4.69, 9.17) is 11.6 Å². The van der Waals surface area contributed by atoms with Crippen LogP contribution in [0.2, 0.25) is 5.02 Å². The number of aromatic amines is 1. The van der Waals surface area contributed by atoms with Crippen LogP contribution in [0.3, 0.4) is 0 Å². The number of halogens is 2. The van der Waals surface area contributed by atoms with Crippen LogP contribution in [0.5, 0.6) is 0 Å². The van der Waals surface area contributed by atoms with Crippen LogP contribution in [0.25, 0.3) is 10.9 Å². The molecular weight excluding hydrogens is 299 g/mol. The van der Waals surface area contributed by atoms with Crippen molar-refractivity contribution in [3.63, 3.8) is 0 Å². The number of H-pyrrole nitrogens is 1. The van der Waals surface area contributed by atoms with E-state index < -0.39 is 16.0 Å². The van der Waals surface area contributed by atoms with E-state index in [2.05, 4.69) is 20.9 Å². The van der Waals surface area contributed by atoms with Crippen molar-refractivity contribution in [3.8, 4) is 0 Å². The van der Waals surface area contributed by atoms with Gasteiger partial charge in [-0.3, -0.25) is 14.9 Å². The van der Waals surface area contributed by atoms with Gasteiger partial charge in [-0.15, -0.1) is 0 Å². The summed E-state index contributed by atoms with van der Waals surface area (Å²) in [7, 11) is 0. The van der Waals surface area contributed by atoms with Crippen LogP contribution < -0.4 is 5.43 Å². The molecule has 0 saturated heterocycles. The number of hydrogen-bond acceptors (Lipinski definition) is 3. The van der Waals surface area contributed by atoms with Crippen LogP contribution in [-0.2, 0) is 0 Å². The molecule has 0 fully saturated rings. The molecule has 1 N–H and O–H groups in total. The Morgan fingerprint density at radius 3 is 2.75 bits per heavy atom. The van der Waals surface area contributed by atoms with Crippen LogP contribution in [0.15, 0.2) is 27.6 Å². The van der Waals surface area contributed by atoms with Crippen LogP contribution in [0.1, 0.15) is 0 Å². The SMILES string of the molecule is O=c1c([N+](=O)[O-])c[nH]c2cc(Cl)c(Br)cc12. The molecule has 0 bridgehead atoms. The normalized spacial score (nSPS) is 10.6. The maximum atomic E-state index is 11.7. The number of nitrogens with one attached hydrogen (secondary N) is 1. The van der Waals surface area contributed by atoms with E-state index in [1.54, 1.807) is 0 Å². The first kappa shape index (κ1) is 11.1. The third kappa shape index (κ3) is 1.70. The molecule has 0 aliphatic heterocycles. The van der Waals surface area contributed by atoms with Crippen molar-refractivity contribution in [1.29, 1.82) is 0 Å². The van der Waals surface area contributed by atoms with E-state index in [-0.39, 0.29) is 5.39 Å². The average Bonchev–Trinajstić information content (AvgIpc) is 2.21. The Morgan fingerprint density at radius 1 is 1.44 bits per heavy atom. The summed E-state index contributed by atoms with van der Waals surface area (Å²) in [6, 6.07) is 3.00. The second kappa shape index (κ2) is 3.88. The minimum Gasteiger partial charge on any atom is -0.355 e. The molecule has 0 unspecified atom stereocenters. The van der Waals surface area contributed by atoms with Crippen molar-refractivity contribution >= 4 is 44.1 Å². The highest BCUT2D eigenvalue weighted by Gasteiger charge is 2.15. The fourth-order valence-corrected chi connectivity index (χ4v) is 1.85. The average molecular weight is 303 g/mol. The lowest BCUT2D eigenvalue weighted by Crippen LogP contribution is -2.09. The maximum Gasteiger partial charge on any atom is 0.332 e. The zero-order valence-electron chi connectivity index (χ0n) is 7.66. The minimum absolute atomic E-state index is 0.227. The summed E-state index contributed by atoms with van der Waals surface area (Å²) >= 11 is 9.00. The van der Waals surface area contributed by atoms with E-state index in [0.29, 0.717) is 15.0 Å². The molecule has 0 radical (unpaired) electrons. The molecule has 0 saturated carbocycles. The smallest absolute Gasteiger partial charge is 0.332 e. The van der Waals surface area contributed by atoms with Crippen LogP contribution in [0, 0.1) is 10.1 Å². The summed E-state index contributed by atoms with van der Waals surface area (Å²) in [6.07, 6.45) is 1.06. The molecule has 1 heterocycles. The van der Waals surface area contributed by atoms with E-state index in [1.807, 2.05) is 0 Å². The number of hydrogen-bond donors (Lipinski definition) is 1. The Bertz CT molecular complexity index is 653. The zero-order chi connectivity index (χ0) is 11.9. The number of pyridine rings is 1. The molecule has 1 aromatic heterocycles. The third-order valence-electron chi connectivity index (χ3n) is 2.10. The van der Waals surface area contributed by atoms with Gasteiger partial charge in [0.1, 0.15) is 0 Å². The van der Waals surface area contributed by atoms with Crippen molar-refractivity contribution in [3.05, 3.63) is 48.2 Å². The molecule has 0 spiro atoms. The lowest BCUT2D eigenvalue weighted by molar-refractivity contribution is -0.386. The quantitative estimate of drug-likeness (QED) is 0.650. The predicted molar refractivity (Wildman–Crippen MR) is 63.9 cm³/mol. The fourth-order valence-electron chi connectivity index (χ4n) is 1.34. The molecule has 82 valence electrons. The number of aromatic nitrogens is 1. The van der Waals surface area contributed by atoms with Crippen LogP contribution in [-0.4, -0.2) is 9.91 Å². The summed E-state index contributed by atoms with van der Waals surface area (Å²) in [5.74, 6) is 0. The minimum atomic E-state index is -0.721. The first-order valence-electron chi connectivity index (χ1n) is 4.15.